The maximum atomic E-state index is 12.1. The third kappa shape index (κ3) is 3.13. The molecule has 2 amide bonds. The fourth-order valence-electron chi connectivity index (χ4n) is 2.05. The Balaban J connectivity index is 2.52. The Morgan fingerprint density at radius 2 is 1.48 bits per heavy atom. The molecule has 0 saturated carbocycles. The lowest BCUT2D eigenvalue weighted by atomic mass is 10.1. The molecule has 0 aliphatic heterocycles. The first kappa shape index (κ1) is 14.8. The number of carbonyl (C=O) groups excluding carboxylic acids is 2. The SMILES string of the molecule is CCOC(=O)N(C(=O)OCC)c1cccc2ccccc12. The monoisotopic (exact) mass is 287 g/mol. The number of ether oxygens (including phenoxy) is 2. The number of benzene rings is 2. The van der Waals surface area contributed by atoms with E-state index < -0.39 is 12.2 Å². The third-order valence-corrected chi connectivity index (χ3v) is 2.91. The molecular formula is C16H17NO4. The number of fused-ring (bicyclic) bond motifs is 1. The maximum Gasteiger partial charge on any atom is 0.424 e. The predicted octanol–water partition coefficient (Wildman–Crippen LogP) is 3.96. The van der Waals surface area contributed by atoms with Crippen LogP contribution >= 0.6 is 0 Å². The van der Waals surface area contributed by atoms with Crippen LogP contribution in [0.25, 0.3) is 10.8 Å². The summed E-state index contributed by atoms with van der Waals surface area (Å²) >= 11 is 0. The van der Waals surface area contributed by atoms with Gasteiger partial charge < -0.3 is 9.47 Å². The number of anilines is 1. The van der Waals surface area contributed by atoms with Gasteiger partial charge in [-0.25, -0.2) is 9.59 Å². The molecule has 0 saturated heterocycles. The number of rotatable bonds is 3. The number of hydrogen-bond acceptors (Lipinski definition) is 4. The molecule has 0 spiro atoms. The molecule has 2 aromatic rings. The average molecular weight is 287 g/mol. The van der Waals surface area contributed by atoms with E-state index in [1.807, 2.05) is 30.3 Å². The number of carbonyl (C=O) groups is 2. The highest BCUT2D eigenvalue weighted by Gasteiger charge is 2.27. The minimum absolute atomic E-state index is 0.180. The molecule has 2 rings (SSSR count). The van der Waals surface area contributed by atoms with Crippen LogP contribution in [0.3, 0.4) is 0 Å². The van der Waals surface area contributed by atoms with Crippen LogP contribution < -0.4 is 4.90 Å². The van der Waals surface area contributed by atoms with E-state index in [9.17, 15) is 9.59 Å². The molecule has 0 aromatic heterocycles. The summed E-state index contributed by atoms with van der Waals surface area (Å²) in [5, 5.41) is 1.70. The van der Waals surface area contributed by atoms with E-state index in [0.29, 0.717) is 5.69 Å². The van der Waals surface area contributed by atoms with Crippen molar-refractivity contribution in [2.45, 2.75) is 13.8 Å². The van der Waals surface area contributed by atoms with Crippen LogP contribution in [0, 0.1) is 0 Å². The second-order valence-electron chi connectivity index (χ2n) is 4.23. The van der Waals surface area contributed by atoms with Gasteiger partial charge in [0, 0.05) is 5.39 Å². The van der Waals surface area contributed by atoms with Crippen LogP contribution in [-0.4, -0.2) is 25.4 Å². The van der Waals surface area contributed by atoms with E-state index in [0.717, 1.165) is 15.7 Å². The van der Waals surface area contributed by atoms with Crippen LogP contribution in [0.15, 0.2) is 42.5 Å². The summed E-state index contributed by atoms with van der Waals surface area (Å²) in [5.41, 5.74) is 0.449. The smallest absolute Gasteiger partial charge is 0.424 e. The first-order chi connectivity index (χ1) is 10.2. The zero-order valence-electron chi connectivity index (χ0n) is 12.0. The molecule has 2 aromatic carbocycles. The number of hydrogen-bond donors (Lipinski definition) is 0. The fraction of sp³-hybridized carbons (Fsp3) is 0.250. The van der Waals surface area contributed by atoms with Crippen LogP contribution in [0.1, 0.15) is 13.8 Å². The van der Waals surface area contributed by atoms with Crippen LogP contribution in [-0.2, 0) is 9.47 Å². The highest BCUT2D eigenvalue weighted by Crippen LogP contribution is 2.27. The molecule has 0 fully saturated rings. The number of imide groups is 1. The molecular weight excluding hydrogens is 270 g/mol. The molecule has 0 aliphatic rings. The third-order valence-electron chi connectivity index (χ3n) is 2.91. The van der Waals surface area contributed by atoms with E-state index in [2.05, 4.69) is 0 Å². The lowest BCUT2D eigenvalue weighted by molar-refractivity contribution is 0.140. The summed E-state index contributed by atoms with van der Waals surface area (Å²) in [4.78, 5) is 25.1. The van der Waals surface area contributed by atoms with Gasteiger partial charge in [0.05, 0.1) is 18.9 Å². The van der Waals surface area contributed by atoms with Gasteiger partial charge in [0.2, 0.25) is 0 Å². The fourth-order valence-corrected chi connectivity index (χ4v) is 2.05. The van der Waals surface area contributed by atoms with Gasteiger partial charge in [0.25, 0.3) is 0 Å². The van der Waals surface area contributed by atoms with Crippen molar-refractivity contribution in [2.24, 2.45) is 0 Å². The number of amides is 2. The van der Waals surface area contributed by atoms with Crippen molar-refractivity contribution in [3.8, 4) is 0 Å². The molecule has 0 atom stereocenters. The van der Waals surface area contributed by atoms with Gasteiger partial charge in [0.1, 0.15) is 0 Å². The zero-order valence-corrected chi connectivity index (χ0v) is 12.0. The van der Waals surface area contributed by atoms with Crippen molar-refractivity contribution in [3.05, 3.63) is 42.5 Å². The van der Waals surface area contributed by atoms with Gasteiger partial charge in [-0.1, -0.05) is 36.4 Å². The summed E-state index contributed by atoms with van der Waals surface area (Å²) in [6.45, 7) is 3.73. The highest BCUT2D eigenvalue weighted by atomic mass is 16.6. The Hall–Kier alpha value is -2.56. The minimum Gasteiger partial charge on any atom is -0.449 e. The summed E-state index contributed by atoms with van der Waals surface area (Å²) in [6, 6.07) is 12.9. The molecule has 110 valence electrons. The van der Waals surface area contributed by atoms with Gasteiger partial charge in [-0.05, 0) is 25.3 Å². The maximum absolute atomic E-state index is 12.1. The van der Waals surface area contributed by atoms with Crippen molar-refractivity contribution in [3.63, 3.8) is 0 Å². The summed E-state index contributed by atoms with van der Waals surface area (Å²) in [7, 11) is 0. The molecule has 5 nitrogen and oxygen atoms in total. The Morgan fingerprint density at radius 3 is 2.10 bits per heavy atom. The topological polar surface area (TPSA) is 55.8 Å². The van der Waals surface area contributed by atoms with Crippen molar-refractivity contribution in [1.29, 1.82) is 0 Å². The van der Waals surface area contributed by atoms with Crippen LogP contribution in [0.5, 0.6) is 0 Å². The summed E-state index contributed by atoms with van der Waals surface area (Å²) in [5.74, 6) is 0. The second-order valence-corrected chi connectivity index (χ2v) is 4.23. The van der Waals surface area contributed by atoms with E-state index >= 15 is 0 Å². The van der Waals surface area contributed by atoms with E-state index in [1.165, 1.54) is 0 Å². The quantitative estimate of drug-likeness (QED) is 0.857. The van der Waals surface area contributed by atoms with E-state index in [4.69, 9.17) is 9.47 Å². The molecule has 21 heavy (non-hydrogen) atoms. The van der Waals surface area contributed by atoms with Gasteiger partial charge >= 0.3 is 12.2 Å². The van der Waals surface area contributed by atoms with Gasteiger partial charge in [-0.2, -0.15) is 4.90 Å². The van der Waals surface area contributed by atoms with Crippen molar-refractivity contribution in [1.82, 2.24) is 0 Å². The molecule has 0 N–H and O–H groups in total. The molecule has 0 bridgehead atoms. The molecule has 0 radical (unpaired) electrons. The summed E-state index contributed by atoms with van der Waals surface area (Å²) < 4.78 is 9.92. The van der Waals surface area contributed by atoms with Crippen LogP contribution in [0.4, 0.5) is 15.3 Å². The zero-order chi connectivity index (χ0) is 15.2. The molecule has 0 heterocycles. The molecule has 0 unspecified atom stereocenters. The van der Waals surface area contributed by atoms with E-state index in [1.54, 1.807) is 26.0 Å². The lowest BCUT2D eigenvalue weighted by Crippen LogP contribution is -2.38. The van der Waals surface area contributed by atoms with Crippen molar-refractivity contribution < 1.29 is 19.1 Å². The first-order valence-corrected chi connectivity index (χ1v) is 6.80. The van der Waals surface area contributed by atoms with Gasteiger partial charge in [0.15, 0.2) is 0 Å². The van der Waals surface area contributed by atoms with Crippen molar-refractivity contribution >= 4 is 28.6 Å². The summed E-state index contributed by atoms with van der Waals surface area (Å²) in [6.07, 6.45) is -1.49. The Kier molecular flexibility index (Phi) is 4.77. The number of nitrogens with zero attached hydrogens (tertiary/aromatic N) is 1. The van der Waals surface area contributed by atoms with Crippen molar-refractivity contribution in [2.75, 3.05) is 18.1 Å². The Morgan fingerprint density at radius 1 is 0.905 bits per heavy atom. The lowest BCUT2D eigenvalue weighted by Gasteiger charge is -2.20. The average Bonchev–Trinajstić information content (AvgIpc) is 2.48. The predicted molar refractivity (Wildman–Crippen MR) is 80.5 cm³/mol. The second kappa shape index (κ2) is 6.74. The Bertz CT molecular complexity index is 630. The van der Waals surface area contributed by atoms with Gasteiger partial charge in [-0.3, -0.25) is 0 Å². The largest absolute Gasteiger partial charge is 0.449 e. The molecule has 0 aliphatic carbocycles. The first-order valence-electron chi connectivity index (χ1n) is 6.80. The van der Waals surface area contributed by atoms with E-state index in [-0.39, 0.29) is 13.2 Å². The highest BCUT2D eigenvalue weighted by molar-refractivity contribution is 6.14. The Labute approximate surface area is 123 Å². The standard InChI is InChI=1S/C16H17NO4/c1-3-20-15(18)17(16(19)21-4-2)14-11-7-9-12-8-5-6-10-13(12)14/h5-11H,3-4H2,1-2H3. The normalized spacial score (nSPS) is 10.2. The minimum atomic E-state index is -0.743. The van der Waals surface area contributed by atoms with Gasteiger partial charge in [-0.15, -0.1) is 0 Å². The van der Waals surface area contributed by atoms with Crippen LogP contribution in [0.2, 0.25) is 0 Å². The molecule has 5 heteroatoms.